The summed E-state index contributed by atoms with van der Waals surface area (Å²) in [4.78, 5) is 9.35. The number of pyridine rings is 1. The average Bonchev–Trinajstić information content (AvgIpc) is 2.83. The Balaban J connectivity index is 2.01. The summed E-state index contributed by atoms with van der Waals surface area (Å²) in [5.74, 6) is 1.43. The molecule has 5 nitrogen and oxygen atoms in total. The summed E-state index contributed by atoms with van der Waals surface area (Å²) in [5.41, 5.74) is 9.01. The van der Waals surface area contributed by atoms with Gasteiger partial charge in [-0.1, -0.05) is 12.2 Å². The minimum absolute atomic E-state index is 0.356. The molecule has 3 N–H and O–H groups in total. The number of rotatable bonds is 3. The van der Waals surface area contributed by atoms with Gasteiger partial charge in [-0.25, -0.2) is 9.97 Å². The number of aryl methyl sites for hydroxylation is 3. The number of anilines is 2. The predicted octanol–water partition coefficient (Wildman–Crippen LogP) is 2.50. The second kappa shape index (κ2) is 5.41. The van der Waals surface area contributed by atoms with Gasteiger partial charge >= 0.3 is 0 Å². The van der Waals surface area contributed by atoms with Gasteiger partial charge in [0.25, 0.3) is 0 Å². The maximum absolute atomic E-state index is 5.83. The molecule has 0 fully saturated rings. The number of nitrogens with one attached hydrogen (secondary N) is 1. The van der Waals surface area contributed by atoms with Gasteiger partial charge in [0.2, 0.25) is 5.13 Å². The normalized spacial score (nSPS) is 13.8. The molecule has 0 spiro atoms. The maximum Gasteiger partial charge on any atom is 0.208 e. The first-order valence-corrected chi connectivity index (χ1v) is 7.71. The first-order chi connectivity index (χ1) is 9.63. The Kier molecular flexibility index (Phi) is 3.62. The van der Waals surface area contributed by atoms with Gasteiger partial charge < -0.3 is 11.1 Å². The summed E-state index contributed by atoms with van der Waals surface area (Å²) >= 11 is 6.45. The smallest absolute Gasteiger partial charge is 0.208 e. The van der Waals surface area contributed by atoms with Crippen molar-refractivity contribution in [3.8, 4) is 0 Å². The van der Waals surface area contributed by atoms with E-state index in [1.54, 1.807) is 0 Å². The molecule has 0 bridgehead atoms. The monoisotopic (exact) mass is 305 g/mol. The molecular weight excluding hydrogens is 290 g/mol. The molecular formula is C13H15N5S2. The van der Waals surface area contributed by atoms with Crippen LogP contribution < -0.4 is 11.1 Å². The van der Waals surface area contributed by atoms with Crippen LogP contribution >= 0.6 is 23.8 Å². The van der Waals surface area contributed by atoms with Crippen molar-refractivity contribution in [1.29, 1.82) is 0 Å². The van der Waals surface area contributed by atoms with E-state index in [0.29, 0.717) is 15.9 Å². The highest BCUT2D eigenvalue weighted by Crippen LogP contribution is 2.27. The fourth-order valence-corrected chi connectivity index (χ4v) is 3.10. The van der Waals surface area contributed by atoms with E-state index in [1.807, 2.05) is 6.92 Å². The first kappa shape index (κ1) is 13.4. The molecule has 0 aromatic carbocycles. The highest BCUT2D eigenvalue weighted by atomic mass is 32.1. The quantitative estimate of drug-likeness (QED) is 0.849. The van der Waals surface area contributed by atoms with Gasteiger partial charge in [-0.2, -0.15) is 4.37 Å². The lowest BCUT2D eigenvalue weighted by atomic mass is 9.94. The van der Waals surface area contributed by atoms with E-state index in [0.717, 1.165) is 29.9 Å². The SMILES string of the molecule is Cc1nsc(Nc2nc3c(cc2C(N)=S)CCCC3)n1. The number of nitrogens with zero attached hydrogens (tertiary/aromatic N) is 3. The summed E-state index contributed by atoms with van der Waals surface area (Å²) in [7, 11) is 0. The van der Waals surface area contributed by atoms with Gasteiger partial charge in [0.1, 0.15) is 16.6 Å². The summed E-state index contributed by atoms with van der Waals surface area (Å²) in [6.45, 7) is 1.86. The molecule has 0 saturated carbocycles. The lowest BCUT2D eigenvalue weighted by Gasteiger charge is -2.18. The lowest BCUT2D eigenvalue weighted by Crippen LogP contribution is -2.16. The molecule has 20 heavy (non-hydrogen) atoms. The highest BCUT2D eigenvalue weighted by molar-refractivity contribution is 7.80. The van der Waals surface area contributed by atoms with E-state index in [9.17, 15) is 0 Å². The maximum atomic E-state index is 5.83. The Labute approximate surface area is 126 Å². The zero-order valence-electron chi connectivity index (χ0n) is 11.1. The van der Waals surface area contributed by atoms with Gasteiger partial charge in [0.05, 0.1) is 5.56 Å². The van der Waals surface area contributed by atoms with E-state index in [-0.39, 0.29) is 0 Å². The van der Waals surface area contributed by atoms with Gasteiger partial charge in [-0.15, -0.1) is 0 Å². The topological polar surface area (TPSA) is 76.7 Å². The largest absolute Gasteiger partial charge is 0.389 e. The molecule has 0 saturated heterocycles. The standard InChI is InChI=1S/C13H15N5S2/c1-7-15-13(20-18-7)17-12-9(11(14)19)6-8-4-2-3-5-10(8)16-12/h6H,2-5H2,1H3,(H2,14,19)(H,15,16,17,18). The Morgan fingerprint density at radius 1 is 1.35 bits per heavy atom. The molecule has 0 amide bonds. The van der Waals surface area contributed by atoms with E-state index >= 15 is 0 Å². The molecule has 1 aliphatic carbocycles. The number of hydrogen-bond acceptors (Lipinski definition) is 6. The Morgan fingerprint density at radius 3 is 2.85 bits per heavy atom. The van der Waals surface area contributed by atoms with Crippen molar-refractivity contribution >= 4 is 39.7 Å². The van der Waals surface area contributed by atoms with Crippen LogP contribution in [-0.4, -0.2) is 19.3 Å². The van der Waals surface area contributed by atoms with Gasteiger partial charge in [-0.05, 0) is 44.2 Å². The Hall–Kier alpha value is -1.60. The van der Waals surface area contributed by atoms with Crippen molar-refractivity contribution < 1.29 is 0 Å². The molecule has 7 heteroatoms. The third-order valence-electron chi connectivity index (χ3n) is 3.32. The van der Waals surface area contributed by atoms with Crippen LogP contribution in [0.2, 0.25) is 0 Å². The van der Waals surface area contributed by atoms with E-state index < -0.39 is 0 Å². The molecule has 104 valence electrons. The first-order valence-electron chi connectivity index (χ1n) is 6.53. The van der Waals surface area contributed by atoms with Crippen LogP contribution in [0.5, 0.6) is 0 Å². The minimum atomic E-state index is 0.356. The molecule has 2 aromatic rings. The minimum Gasteiger partial charge on any atom is -0.389 e. The number of aromatic nitrogens is 3. The van der Waals surface area contributed by atoms with Crippen LogP contribution in [0, 0.1) is 6.92 Å². The number of nitrogens with two attached hydrogens (primary N) is 1. The second-order valence-electron chi connectivity index (χ2n) is 4.83. The molecule has 0 atom stereocenters. The van der Waals surface area contributed by atoms with Crippen molar-refractivity contribution in [3.63, 3.8) is 0 Å². The van der Waals surface area contributed by atoms with E-state index in [2.05, 4.69) is 20.7 Å². The van der Waals surface area contributed by atoms with Crippen molar-refractivity contribution in [2.45, 2.75) is 32.6 Å². The van der Waals surface area contributed by atoms with Gasteiger partial charge in [0.15, 0.2) is 0 Å². The second-order valence-corrected chi connectivity index (χ2v) is 6.03. The number of hydrogen-bond donors (Lipinski definition) is 2. The fourth-order valence-electron chi connectivity index (χ4n) is 2.37. The summed E-state index contributed by atoms with van der Waals surface area (Å²) in [6, 6.07) is 2.07. The molecule has 2 heterocycles. The van der Waals surface area contributed by atoms with Gasteiger partial charge in [0, 0.05) is 17.2 Å². The Morgan fingerprint density at radius 2 is 2.15 bits per heavy atom. The van der Waals surface area contributed by atoms with Crippen LogP contribution in [0.1, 0.15) is 35.5 Å². The van der Waals surface area contributed by atoms with E-state index in [1.165, 1.54) is 29.9 Å². The van der Waals surface area contributed by atoms with Crippen LogP contribution in [-0.2, 0) is 12.8 Å². The van der Waals surface area contributed by atoms with Crippen LogP contribution in [0.3, 0.4) is 0 Å². The summed E-state index contributed by atoms with van der Waals surface area (Å²) < 4.78 is 4.15. The fraction of sp³-hybridized carbons (Fsp3) is 0.385. The number of thiocarbonyl (C=S) groups is 1. The van der Waals surface area contributed by atoms with Crippen molar-refractivity contribution in [2.75, 3.05) is 5.32 Å². The highest BCUT2D eigenvalue weighted by Gasteiger charge is 2.17. The van der Waals surface area contributed by atoms with Crippen molar-refractivity contribution in [2.24, 2.45) is 5.73 Å². The number of fused-ring (bicyclic) bond motifs is 1. The molecule has 2 aromatic heterocycles. The molecule has 0 unspecified atom stereocenters. The van der Waals surface area contributed by atoms with Crippen molar-refractivity contribution in [3.05, 3.63) is 28.7 Å². The van der Waals surface area contributed by atoms with E-state index in [4.69, 9.17) is 22.9 Å². The molecule has 0 aliphatic heterocycles. The zero-order valence-corrected chi connectivity index (χ0v) is 12.8. The van der Waals surface area contributed by atoms with Crippen LogP contribution in [0.15, 0.2) is 6.07 Å². The summed E-state index contributed by atoms with van der Waals surface area (Å²) in [5, 5.41) is 3.90. The van der Waals surface area contributed by atoms with Gasteiger partial charge in [-0.3, -0.25) is 0 Å². The molecule has 3 rings (SSSR count). The van der Waals surface area contributed by atoms with Crippen LogP contribution in [0.25, 0.3) is 0 Å². The molecule has 0 radical (unpaired) electrons. The molecule has 1 aliphatic rings. The summed E-state index contributed by atoms with van der Waals surface area (Å²) in [6.07, 6.45) is 4.45. The third kappa shape index (κ3) is 2.64. The van der Waals surface area contributed by atoms with Crippen LogP contribution in [0.4, 0.5) is 10.9 Å². The zero-order chi connectivity index (χ0) is 14.1. The Bertz CT molecular complexity index is 665. The average molecular weight is 305 g/mol. The predicted molar refractivity (Wildman–Crippen MR) is 84.7 cm³/mol. The third-order valence-corrected chi connectivity index (χ3v) is 4.26. The lowest BCUT2D eigenvalue weighted by molar-refractivity contribution is 0.668. The van der Waals surface area contributed by atoms with Crippen molar-refractivity contribution in [1.82, 2.24) is 14.3 Å².